The van der Waals surface area contributed by atoms with Gasteiger partial charge in [0.1, 0.15) is 0 Å². The van der Waals surface area contributed by atoms with E-state index in [1.54, 1.807) is 0 Å². The second-order valence-electron chi connectivity index (χ2n) is 4.60. The van der Waals surface area contributed by atoms with Crippen LogP contribution in [0.1, 0.15) is 26.3 Å². The topological polar surface area (TPSA) is 29.5 Å². The molecule has 0 fully saturated rings. The van der Waals surface area contributed by atoms with Gasteiger partial charge in [0.2, 0.25) is 0 Å². The molecule has 0 heterocycles. The predicted molar refractivity (Wildman–Crippen MR) is 58.2 cm³/mol. The highest BCUT2D eigenvalue weighted by atomic mass is 16.5. The van der Waals surface area contributed by atoms with Crippen molar-refractivity contribution in [1.29, 1.82) is 0 Å². The third-order valence-corrected chi connectivity index (χ3v) is 1.85. The summed E-state index contributed by atoms with van der Waals surface area (Å²) in [7, 11) is 0.693. The Morgan fingerprint density at radius 1 is 1.21 bits per heavy atom. The second kappa shape index (κ2) is 4.51. The molecule has 1 radical (unpaired) electrons. The molecule has 1 N–H and O–H groups in total. The first-order valence-electron chi connectivity index (χ1n) is 4.73. The van der Waals surface area contributed by atoms with E-state index in [1.807, 2.05) is 24.3 Å². The van der Waals surface area contributed by atoms with Crippen LogP contribution in [0.4, 0.5) is 0 Å². The Hall–Kier alpha value is -0.955. The number of rotatable bonds is 3. The number of hydrogen-bond acceptors (Lipinski definition) is 2. The second-order valence-corrected chi connectivity index (χ2v) is 4.60. The molecule has 0 saturated heterocycles. The molecule has 0 amide bonds. The highest BCUT2D eigenvalue weighted by molar-refractivity contribution is 6.17. The molecule has 0 unspecified atom stereocenters. The summed E-state index contributed by atoms with van der Waals surface area (Å²) in [5.74, 6) is 0.658. The fourth-order valence-electron chi connectivity index (χ4n) is 1.36. The highest BCUT2D eigenvalue weighted by Crippen LogP contribution is 2.21. The van der Waals surface area contributed by atoms with Crippen molar-refractivity contribution in [1.82, 2.24) is 0 Å². The third-order valence-electron chi connectivity index (χ3n) is 1.85. The first-order valence-corrected chi connectivity index (χ1v) is 4.73. The van der Waals surface area contributed by atoms with Crippen molar-refractivity contribution in [3.05, 3.63) is 29.8 Å². The van der Waals surface area contributed by atoms with Crippen LogP contribution in [0.15, 0.2) is 24.3 Å². The van der Waals surface area contributed by atoms with Gasteiger partial charge < -0.3 is 9.68 Å². The molecule has 3 heteroatoms. The molecule has 0 aromatic heterocycles. The summed E-state index contributed by atoms with van der Waals surface area (Å²) in [6.45, 7) is 6.62. The van der Waals surface area contributed by atoms with Gasteiger partial charge in [0.05, 0.1) is 5.75 Å². The van der Waals surface area contributed by atoms with Crippen molar-refractivity contribution in [2.75, 3.05) is 0 Å². The van der Waals surface area contributed by atoms with Gasteiger partial charge in [0, 0.05) is 0 Å². The Balaban J connectivity index is 2.64. The fourth-order valence-corrected chi connectivity index (χ4v) is 1.36. The largest absolute Gasteiger partial charge is 0.569 e. The van der Waals surface area contributed by atoms with Crippen molar-refractivity contribution >= 4 is 7.69 Å². The van der Waals surface area contributed by atoms with Crippen molar-refractivity contribution < 1.29 is 9.68 Å². The normalized spacial score (nSPS) is 11.1. The van der Waals surface area contributed by atoms with E-state index in [-0.39, 0.29) is 0 Å². The first-order chi connectivity index (χ1) is 6.51. The molecule has 0 spiro atoms. The van der Waals surface area contributed by atoms with Crippen LogP contribution in [-0.2, 0) is 6.42 Å². The molecule has 0 aliphatic rings. The van der Waals surface area contributed by atoms with Crippen LogP contribution < -0.4 is 4.65 Å². The van der Waals surface area contributed by atoms with E-state index < -0.39 is 0 Å². The Kier molecular flexibility index (Phi) is 3.58. The Labute approximate surface area is 86.2 Å². The van der Waals surface area contributed by atoms with Gasteiger partial charge in [-0.1, -0.05) is 32.9 Å². The molecular formula is C11H16BO2. The quantitative estimate of drug-likeness (QED) is 0.742. The third kappa shape index (κ3) is 3.84. The van der Waals surface area contributed by atoms with Gasteiger partial charge in [-0.15, -0.1) is 0 Å². The van der Waals surface area contributed by atoms with Gasteiger partial charge in [-0.2, -0.15) is 0 Å². The minimum absolute atomic E-state index is 0.297. The zero-order valence-electron chi connectivity index (χ0n) is 8.95. The summed E-state index contributed by atoms with van der Waals surface area (Å²) in [6, 6.07) is 7.75. The van der Waals surface area contributed by atoms with Crippen molar-refractivity contribution in [2.24, 2.45) is 5.41 Å². The summed E-state index contributed by atoms with van der Waals surface area (Å²) < 4.78 is 4.82. The summed E-state index contributed by atoms with van der Waals surface area (Å²) in [5, 5.41) is 8.43. The molecule has 0 saturated carbocycles. The van der Waals surface area contributed by atoms with E-state index >= 15 is 0 Å². The minimum atomic E-state index is 0.297. The van der Waals surface area contributed by atoms with Crippen LogP contribution in [0, 0.1) is 5.41 Å². The van der Waals surface area contributed by atoms with E-state index in [0.717, 1.165) is 6.42 Å². The molecule has 0 aliphatic heterocycles. The molecule has 14 heavy (non-hydrogen) atoms. The average molecular weight is 191 g/mol. The lowest BCUT2D eigenvalue weighted by atomic mass is 9.88. The maximum absolute atomic E-state index is 8.43. The zero-order valence-corrected chi connectivity index (χ0v) is 8.95. The van der Waals surface area contributed by atoms with Crippen LogP contribution in [0.2, 0.25) is 0 Å². The molecular weight excluding hydrogens is 175 g/mol. The maximum atomic E-state index is 8.43. The predicted octanol–water partition coefficient (Wildman–Crippen LogP) is 2.18. The molecule has 2 nitrogen and oxygen atoms in total. The van der Waals surface area contributed by atoms with E-state index in [1.165, 1.54) is 5.56 Å². The summed E-state index contributed by atoms with van der Waals surface area (Å²) in [4.78, 5) is 0. The van der Waals surface area contributed by atoms with Crippen LogP contribution in [-0.4, -0.2) is 12.7 Å². The number of benzene rings is 1. The van der Waals surface area contributed by atoms with Crippen molar-refractivity contribution in [3.63, 3.8) is 0 Å². The van der Waals surface area contributed by atoms with Crippen LogP contribution in [0.25, 0.3) is 0 Å². The van der Waals surface area contributed by atoms with Gasteiger partial charge in [-0.25, -0.2) is 0 Å². The van der Waals surface area contributed by atoms with E-state index in [4.69, 9.17) is 9.68 Å². The Bertz CT molecular complexity index is 274. The molecule has 75 valence electrons. The molecule has 0 bridgehead atoms. The van der Waals surface area contributed by atoms with Crippen LogP contribution in [0.5, 0.6) is 5.75 Å². The SMILES string of the molecule is CC(C)(C)Cc1ccc(O[B]O)cc1. The number of hydrogen-bond donors (Lipinski definition) is 1. The maximum Gasteiger partial charge on any atom is 0.569 e. The molecule has 0 aliphatic carbocycles. The molecule has 1 aromatic rings. The van der Waals surface area contributed by atoms with Crippen LogP contribution in [0.3, 0.4) is 0 Å². The fraction of sp³-hybridized carbons (Fsp3) is 0.455. The standard InChI is InChI=1S/C11H16BO2/c1-11(2,3)8-9-4-6-10(7-5-9)14-12-13/h4-7,13H,8H2,1-3H3. The lowest BCUT2D eigenvalue weighted by molar-refractivity contribution is 0.410. The minimum Gasteiger partial charge on any atom is -0.537 e. The van der Waals surface area contributed by atoms with E-state index in [2.05, 4.69) is 20.8 Å². The lowest BCUT2D eigenvalue weighted by Gasteiger charge is -2.18. The summed E-state index contributed by atoms with van der Waals surface area (Å²) >= 11 is 0. The van der Waals surface area contributed by atoms with Crippen LogP contribution >= 0.6 is 0 Å². The zero-order chi connectivity index (χ0) is 10.6. The van der Waals surface area contributed by atoms with Crippen molar-refractivity contribution in [3.8, 4) is 5.75 Å². The lowest BCUT2D eigenvalue weighted by Crippen LogP contribution is -2.09. The van der Waals surface area contributed by atoms with E-state index in [0.29, 0.717) is 18.8 Å². The van der Waals surface area contributed by atoms with Crippen molar-refractivity contribution in [2.45, 2.75) is 27.2 Å². The smallest absolute Gasteiger partial charge is 0.537 e. The monoisotopic (exact) mass is 191 g/mol. The highest BCUT2D eigenvalue weighted by Gasteiger charge is 2.10. The summed E-state index contributed by atoms with van der Waals surface area (Å²) in [5.41, 5.74) is 1.58. The first kappa shape index (κ1) is 11.1. The van der Waals surface area contributed by atoms with Gasteiger partial charge in [0.25, 0.3) is 0 Å². The average Bonchev–Trinajstić information content (AvgIpc) is 2.06. The van der Waals surface area contributed by atoms with Gasteiger partial charge >= 0.3 is 7.69 Å². The summed E-state index contributed by atoms with van der Waals surface area (Å²) in [6.07, 6.45) is 1.04. The molecule has 1 aromatic carbocycles. The van der Waals surface area contributed by atoms with Gasteiger partial charge in [0.15, 0.2) is 0 Å². The van der Waals surface area contributed by atoms with E-state index in [9.17, 15) is 0 Å². The van der Waals surface area contributed by atoms with Gasteiger partial charge in [-0.05, 0) is 29.5 Å². The van der Waals surface area contributed by atoms with Gasteiger partial charge in [-0.3, -0.25) is 0 Å². The molecule has 0 atom stereocenters. The molecule has 1 rings (SSSR count). The Morgan fingerprint density at radius 3 is 2.21 bits per heavy atom. The Morgan fingerprint density at radius 2 is 1.79 bits per heavy atom.